The second kappa shape index (κ2) is 7.96. The van der Waals surface area contributed by atoms with E-state index in [0.717, 1.165) is 5.56 Å². The molecule has 1 unspecified atom stereocenters. The molecule has 11 nitrogen and oxygen atoms in total. The van der Waals surface area contributed by atoms with E-state index in [0.29, 0.717) is 35.3 Å². The van der Waals surface area contributed by atoms with Crippen molar-refractivity contribution in [1.29, 1.82) is 0 Å². The fourth-order valence-electron chi connectivity index (χ4n) is 4.69. The van der Waals surface area contributed by atoms with Gasteiger partial charge in [-0.15, -0.1) is 0 Å². The summed E-state index contributed by atoms with van der Waals surface area (Å²) >= 11 is 6.14. The van der Waals surface area contributed by atoms with Crippen molar-refractivity contribution in [3.63, 3.8) is 0 Å². The van der Waals surface area contributed by atoms with Crippen LogP contribution in [0.5, 0.6) is 0 Å². The van der Waals surface area contributed by atoms with E-state index in [1.54, 1.807) is 30.5 Å². The smallest absolute Gasteiger partial charge is 0.385 e. The molecule has 4 heterocycles. The van der Waals surface area contributed by atoms with Crippen LogP contribution in [0.4, 0.5) is 5.82 Å². The molecule has 2 aromatic heterocycles. The molecule has 0 amide bonds. The minimum atomic E-state index is -4.21. The second-order valence-corrected chi connectivity index (χ2v) is 11.4. The molecular formula is C22H24ClN4O7P. The zero-order valence-corrected chi connectivity index (χ0v) is 20.3. The molecule has 2 saturated heterocycles. The highest BCUT2D eigenvalue weighted by molar-refractivity contribution is 7.48. The summed E-state index contributed by atoms with van der Waals surface area (Å²) in [4.78, 5) is 8.17. The summed E-state index contributed by atoms with van der Waals surface area (Å²) in [5.41, 5.74) is 4.57. The van der Waals surface area contributed by atoms with Crippen molar-refractivity contribution in [2.45, 2.75) is 62.1 Å². The molecule has 0 bridgehead atoms. The predicted octanol–water partition coefficient (Wildman–Crippen LogP) is 3.47. The van der Waals surface area contributed by atoms with Crippen LogP contribution in [0.3, 0.4) is 0 Å². The average molecular weight is 523 g/mol. The first kappa shape index (κ1) is 23.3. The molecule has 6 atom stereocenters. The molecular weight excluding hydrogens is 499 g/mol. The van der Waals surface area contributed by atoms with Gasteiger partial charge in [0.1, 0.15) is 29.5 Å². The Labute approximate surface area is 205 Å². The van der Waals surface area contributed by atoms with E-state index in [1.807, 2.05) is 6.07 Å². The fraction of sp³-hybridized carbons (Fsp3) is 0.455. The zero-order chi connectivity index (χ0) is 24.6. The number of phosphoric ester groups is 1. The number of nitrogen functional groups attached to an aromatic ring is 1. The number of rotatable bonds is 4. The summed E-state index contributed by atoms with van der Waals surface area (Å²) in [6.45, 7) is 1.39. The van der Waals surface area contributed by atoms with Crippen LogP contribution in [-0.4, -0.2) is 48.3 Å². The fourth-order valence-corrected chi connectivity index (χ4v) is 6.68. The number of benzene rings is 1. The standard InChI is InChI=1S/C22H24ClN4O7P/c1-21(29)16(28)19(31-20(21)27-8-5-14-17(24)25-11-26-18(14)27)33-35(30)32-15(10-22(34-35)6-7-22)12-3-2-4-13(23)9-12/h2-5,8-9,11,15-16,19-20,28-29H,6-7,10H2,1H3,(H2,24,25,26)/t15-,16+,19?,20+,21+,35-/m0/s1. The SMILES string of the molecule is C[C@@]1(O)[C@H](O)C(O[P@]2(=O)O[C@H](c3cccc(Cl)c3)CC3(CC3)O2)O[C@H]1n1ccc2c(N)ncnc21. The van der Waals surface area contributed by atoms with Crippen molar-refractivity contribution in [1.82, 2.24) is 14.5 Å². The van der Waals surface area contributed by atoms with E-state index >= 15 is 0 Å². The van der Waals surface area contributed by atoms with E-state index in [4.69, 9.17) is 35.6 Å². The van der Waals surface area contributed by atoms with Crippen LogP contribution >= 0.6 is 19.4 Å². The quantitative estimate of drug-likeness (QED) is 0.434. The maximum Gasteiger partial charge on any atom is 0.478 e. The van der Waals surface area contributed by atoms with Gasteiger partial charge in [-0.2, -0.15) is 0 Å². The van der Waals surface area contributed by atoms with E-state index in [2.05, 4.69) is 9.97 Å². The van der Waals surface area contributed by atoms with E-state index in [-0.39, 0.29) is 5.82 Å². The first-order valence-electron chi connectivity index (χ1n) is 11.2. The molecule has 6 rings (SSSR count). The van der Waals surface area contributed by atoms with Gasteiger partial charge >= 0.3 is 7.82 Å². The number of fused-ring (bicyclic) bond motifs is 1. The Kier molecular flexibility index (Phi) is 5.30. The molecule has 4 N–H and O–H groups in total. The van der Waals surface area contributed by atoms with Gasteiger partial charge in [-0.1, -0.05) is 23.7 Å². The average Bonchev–Trinajstić information content (AvgIpc) is 3.31. The summed E-state index contributed by atoms with van der Waals surface area (Å²) in [7, 11) is -4.21. The zero-order valence-electron chi connectivity index (χ0n) is 18.7. The Morgan fingerprint density at radius 3 is 2.86 bits per heavy atom. The number of halogens is 1. The van der Waals surface area contributed by atoms with Crippen LogP contribution in [0.25, 0.3) is 11.0 Å². The maximum absolute atomic E-state index is 13.7. The Morgan fingerprint density at radius 2 is 2.11 bits per heavy atom. The van der Waals surface area contributed by atoms with Gasteiger partial charge in [-0.05, 0) is 43.5 Å². The highest BCUT2D eigenvalue weighted by Gasteiger charge is 2.61. The predicted molar refractivity (Wildman–Crippen MR) is 124 cm³/mol. The third-order valence-corrected chi connectivity index (χ3v) is 8.62. The number of nitrogens with two attached hydrogens (primary N) is 1. The summed E-state index contributed by atoms with van der Waals surface area (Å²) in [5.74, 6) is 0.259. The van der Waals surface area contributed by atoms with E-state index in [1.165, 1.54) is 17.8 Å². The van der Waals surface area contributed by atoms with Gasteiger partial charge in [0.2, 0.25) is 6.29 Å². The number of hydrogen-bond donors (Lipinski definition) is 3. The first-order chi connectivity index (χ1) is 16.6. The van der Waals surface area contributed by atoms with Crippen molar-refractivity contribution in [3.8, 4) is 0 Å². The molecule has 186 valence electrons. The molecule has 3 aromatic rings. The van der Waals surface area contributed by atoms with E-state index < -0.39 is 43.8 Å². The Bertz CT molecular complexity index is 1350. The van der Waals surface area contributed by atoms with Gasteiger partial charge in [-0.25, -0.2) is 14.5 Å². The van der Waals surface area contributed by atoms with Crippen LogP contribution in [0, 0.1) is 0 Å². The van der Waals surface area contributed by atoms with Crippen LogP contribution in [-0.2, 0) is 22.9 Å². The number of aliphatic hydroxyl groups is 2. The van der Waals surface area contributed by atoms with E-state index in [9.17, 15) is 14.8 Å². The number of anilines is 1. The number of hydrogen-bond acceptors (Lipinski definition) is 10. The molecule has 3 aliphatic rings. The molecule has 35 heavy (non-hydrogen) atoms. The normalized spacial score (nSPS) is 36.1. The number of aliphatic hydroxyl groups excluding tert-OH is 1. The lowest BCUT2D eigenvalue weighted by molar-refractivity contribution is -0.151. The molecule has 1 aromatic carbocycles. The number of aromatic nitrogens is 3. The van der Waals surface area contributed by atoms with Crippen molar-refractivity contribution in [2.75, 3.05) is 5.73 Å². The van der Waals surface area contributed by atoms with Crippen molar-refractivity contribution >= 4 is 36.3 Å². The number of phosphoric acid groups is 1. The van der Waals surface area contributed by atoms with Gasteiger partial charge < -0.3 is 25.3 Å². The van der Waals surface area contributed by atoms with Crippen molar-refractivity contribution in [2.24, 2.45) is 0 Å². The summed E-state index contributed by atoms with van der Waals surface area (Å²) in [5, 5.41) is 23.1. The highest BCUT2D eigenvalue weighted by atomic mass is 35.5. The lowest BCUT2D eigenvalue weighted by Crippen LogP contribution is -2.44. The van der Waals surface area contributed by atoms with Crippen LogP contribution in [0.2, 0.25) is 5.02 Å². The lowest BCUT2D eigenvalue weighted by Gasteiger charge is -2.36. The number of ether oxygens (including phenoxy) is 1. The van der Waals surface area contributed by atoms with Crippen LogP contribution in [0.15, 0.2) is 42.9 Å². The Balaban J connectivity index is 1.28. The minimum absolute atomic E-state index is 0.259. The molecule has 1 saturated carbocycles. The van der Waals surface area contributed by atoms with Gasteiger partial charge in [0.05, 0.1) is 17.1 Å². The minimum Gasteiger partial charge on any atom is -0.385 e. The van der Waals surface area contributed by atoms with Gasteiger partial charge in [-0.3, -0.25) is 13.6 Å². The Hall–Kier alpha value is -2.08. The highest BCUT2D eigenvalue weighted by Crippen LogP contribution is 2.68. The van der Waals surface area contributed by atoms with Gasteiger partial charge in [0.15, 0.2) is 6.23 Å². The molecule has 13 heteroatoms. The topological polar surface area (TPSA) is 151 Å². The third-order valence-electron chi connectivity index (χ3n) is 6.79. The third kappa shape index (κ3) is 3.96. The van der Waals surface area contributed by atoms with Gasteiger partial charge in [0.25, 0.3) is 0 Å². The lowest BCUT2D eigenvalue weighted by atomic mass is 9.99. The van der Waals surface area contributed by atoms with Crippen molar-refractivity contribution in [3.05, 3.63) is 53.4 Å². The molecule has 1 aliphatic carbocycles. The summed E-state index contributed by atoms with van der Waals surface area (Å²) in [6, 6.07) is 8.76. The van der Waals surface area contributed by atoms with Gasteiger partial charge in [0, 0.05) is 17.6 Å². The molecule has 0 radical (unpaired) electrons. The summed E-state index contributed by atoms with van der Waals surface area (Å²) < 4.78 is 38.4. The van der Waals surface area contributed by atoms with Crippen LogP contribution in [0.1, 0.15) is 44.1 Å². The summed E-state index contributed by atoms with van der Waals surface area (Å²) in [6.07, 6.45) is -0.0233. The van der Waals surface area contributed by atoms with Crippen LogP contribution < -0.4 is 5.73 Å². The monoisotopic (exact) mass is 522 g/mol. The molecule has 3 fully saturated rings. The number of nitrogens with zero attached hydrogens (tertiary/aromatic N) is 3. The van der Waals surface area contributed by atoms with Crippen molar-refractivity contribution < 1.29 is 33.1 Å². The molecule has 1 spiro atoms. The maximum atomic E-state index is 13.7. The molecule has 2 aliphatic heterocycles. The Morgan fingerprint density at radius 1 is 1.31 bits per heavy atom. The first-order valence-corrected chi connectivity index (χ1v) is 13.0. The second-order valence-electron chi connectivity index (χ2n) is 9.43. The largest absolute Gasteiger partial charge is 0.478 e.